The van der Waals surface area contributed by atoms with E-state index in [9.17, 15) is 0 Å². The molecule has 0 unspecified atom stereocenters. The predicted molar refractivity (Wildman–Crippen MR) is 91.9 cm³/mol. The largest absolute Gasteiger partial charge is 0.326 e. The quantitative estimate of drug-likeness (QED) is 0.671. The minimum atomic E-state index is 0.0471. The standard InChI is InChI=1S/C20H22N2/c1-20(2,3)18-15-22(14-16-10-6-4-7-11-16)19(21-18)17-12-8-5-9-13-17/h4-13,15H,14H2,1-3H3. The molecule has 0 saturated carbocycles. The van der Waals surface area contributed by atoms with Gasteiger partial charge in [-0.15, -0.1) is 0 Å². The van der Waals surface area contributed by atoms with E-state index in [1.54, 1.807) is 0 Å². The normalized spacial score (nSPS) is 11.6. The van der Waals surface area contributed by atoms with Gasteiger partial charge in [-0.05, 0) is 5.56 Å². The minimum Gasteiger partial charge on any atom is -0.326 e. The van der Waals surface area contributed by atoms with E-state index < -0.39 is 0 Å². The summed E-state index contributed by atoms with van der Waals surface area (Å²) in [5, 5.41) is 0. The van der Waals surface area contributed by atoms with Gasteiger partial charge < -0.3 is 4.57 Å². The van der Waals surface area contributed by atoms with Crippen LogP contribution in [0.5, 0.6) is 0 Å². The van der Waals surface area contributed by atoms with E-state index in [1.807, 2.05) is 6.07 Å². The summed E-state index contributed by atoms with van der Waals surface area (Å²) in [5.74, 6) is 1.04. The van der Waals surface area contributed by atoms with Crippen molar-refractivity contribution in [2.75, 3.05) is 0 Å². The Kier molecular flexibility index (Phi) is 3.84. The van der Waals surface area contributed by atoms with Gasteiger partial charge in [-0.1, -0.05) is 81.4 Å². The van der Waals surface area contributed by atoms with Gasteiger partial charge in [-0.2, -0.15) is 0 Å². The average Bonchev–Trinajstić information content (AvgIpc) is 2.93. The molecule has 0 spiro atoms. The Hall–Kier alpha value is -2.35. The molecular formula is C20H22N2. The topological polar surface area (TPSA) is 17.8 Å². The minimum absolute atomic E-state index is 0.0471. The first-order chi connectivity index (χ1) is 10.5. The highest BCUT2D eigenvalue weighted by Crippen LogP contribution is 2.26. The van der Waals surface area contributed by atoms with Gasteiger partial charge in [0.2, 0.25) is 0 Å². The average molecular weight is 290 g/mol. The molecule has 3 aromatic rings. The van der Waals surface area contributed by atoms with Crippen LogP contribution in [0, 0.1) is 0 Å². The first-order valence-electron chi connectivity index (χ1n) is 7.71. The Labute approximate surface area is 132 Å². The summed E-state index contributed by atoms with van der Waals surface area (Å²) in [6.07, 6.45) is 2.19. The van der Waals surface area contributed by atoms with E-state index in [4.69, 9.17) is 4.98 Å². The van der Waals surface area contributed by atoms with Crippen LogP contribution in [0.4, 0.5) is 0 Å². The maximum atomic E-state index is 4.91. The van der Waals surface area contributed by atoms with Crippen molar-refractivity contribution >= 4 is 0 Å². The van der Waals surface area contributed by atoms with Crippen LogP contribution in [0.25, 0.3) is 11.4 Å². The molecule has 0 fully saturated rings. The molecule has 2 aromatic carbocycles. The lowest BCUT2D eigenvalue weighted by Crippen LogP contribution is -2.11. The summed E-state index contributed by atoms with van der Waals surface area (Å²) in [6, 6.07) is 20.9. The van der Waals surface area contributed by atoms with Crippen molar-refractivity contribution in [1.82, 2.24) is 9.55 Å². The molecule has 1 aromatic heterocycles. The Morgan fingerprint density at radius 3 is 2.05 bits per heavy atom. The number of imidazole rings is 1. The molecule has 3 rings (SSSR count). The highest BCUT2D eigenvalue weighted by molar-refractivity contribution is 5.56. The summed E-state index contributed by atoms with van der Waals surface area (Å²) < 4.78 is 2.26. The van der Waals surface area contributed by atoms with Gasteiger partial charge in [0, 0.05) is 23.7 Å². The van der Waals surface area contributed by atoms with Gasteiger partial charge in [0.15, 0.2) is 0 Å². The fourth-order valence-corrected chi connectivity index (χ4v) is 2.50. The summed E-state index contributed by atoms with van der Waals surface area (Å²) in [6.45, 7) is 7.46. The monoisotopic (exact) mass is 290 g/mol. The van der Waals surface area contributed by atoms with Crippen LogP contribution in [-0.2, 0) is 12.0 Å². The van der Waals surface area contributed by atoms with Gasteiger partial charge in [0.1, 0.15) is 5.82 Å². The molecule has 0 bridgehead atoms. The summed E-state index contributed by atoms with van der Waals surface area (Å²) >= 11 is 0. The second-order valence-corrected chi connectivity index (χ2v) is 6.68. The smallest absolute Gasteiger partial charge is 0.140 e. The van der Waals surface area contributed by atoms with Crippen molar-refractivity contribution in [2.45, 2.75) is 32.7 Å². The number of hydrogen-bond donors (Lipinski definition) is 0. The van der Waals surface area contributed by atoms with E-state index in [-0.39, 0.29) is 5.41 Å². The summed E-state index contributed by atoms with van der Waals surface area (Å²) in [4.78, 5) is 4.91. The number of hydrogen-bond acceptors (Lipinski definition) is 1. The molecule has 2 heteroatoms. The highest BCUT2D eigenvalue weighted by atomic mass is 15.1. The maximum absolute atomic E-state index is 4.91. The second-order valence-electron chi connectivity index (χ2n) is 6.68. The SMILES string of the molecule is CC(C)(C)c1cn(Cc2ccccc2)c(-c2ccccc2)n1. The zero-order chi connectivity index (χ0) is 15.6. The van der Waals surface area contributed by atoms with Crippen molar-refractivity contribution in [3.63, 3.8) is 0 Å². The van der Waals surface area contributed by atoms with Crippen LogP contribution in [0.3, 0.4) is 0 Å². The Bertz CT molecular complexity index is 734. The van der Waals surface area contributed by atoms with Crippen LogP contribution < -0.4 is 0 Å². The number of aromatic nitrogens is 2. The number of nitrogens with zero attached hydrogens (tertiary/aromatic N) is 2. The molecule has 0 aliphatic carbocycles. The van der Waals surface area contributed by atoms with Crippen LogP contribution in [-0.4, -0.2) is 9.55 Å². The molecule has 0 aliphatic rings. The van der Waals surface area contributed by atoms with E-state index in [0.29, 0.717) is 0 Å². The summed E-state index contributed by atoms with van der Waals surface area (Å²) in [7, 11) is 0. The lowest BCUT2D eigenvalue weighted by molar-refractivity contribution is 0.571. The van der Waals surface area contributed by atoms with Crippen molar-refractivity contribution in [2.24, 2.45) is 0 Å². The summed E-state index contributed by atoms with van der Waals surface area (Å²) in [5.41, 5.74) is 3.62. The third-order valence-electron chi connectivity index (χ3n) is 3.77. The van der Waals surface area contributed by atoms with Crippen molar-refractivity contribution in [3.8, 4) is 11.4 Å². The molecule has 22 heavy (non-hydrogen) atoms. The number of rotatable bonds is 3. The predicted octanol–water partition coefficient (Wildman–Crippen LogP) is 4.90. The Balaban J connectivity index is 2.05. The molecule has 2 nitrogen and oxygen atoms in total. The molecule has 0 N–H and O–H groups in total. The zero-order valence-corrected chi connectivity index (χ0v) is 13.5. The lowest BCUT2D eigenvalue weighted by atomic mass is 9.93. The van der Waals surface area contributed by atoms with Crippen molar-refractivity contribution < 1.29 is 0 Å². The van der Waals surface area contributed by atoms with Crippen LogP contribution in [0.2, 0.25) is 0 Å². The molecule has 1 heterocycles. The van der Waals surface area contributed by atoms with Gasteiger partial charge in [0.25, 0.3) is 0 Å². The van der Waals surface area contributed by atoms with Crippen LogP contribution >= 0.6 is 0 Å². The first kappa shape index (κ1) is 14.6. The zero-order valence-electron chi connectivity index (χ0n) is 13.5. The Morgan fingerprint density at radius 2 is 1.45 bits per heavy atom. The number of benzene rings is 2. The maximum Gasteiger partial charge on any atom is 0.140 e. The Morgan fingerprint density at radius 1 is 0.864 bits per heavy atom. The van der Waals surface area contributed by atoms with Gasteiger partial charge in [-0.3, -0.25) is 0 Å². The van der Waals surface area contributed by atoms with Crippen molar-refractivity contribution in [3.05, 3.63) is 78.1 Å². The first-order valence-corrected chi connectivity index (χ1v) is 7.71. The van der Waals surface area contributed by atoms with E-state index in [2.05, 4.69) is 86.1 Å². The second kappa shape index (κ2) is 5.80. The fraction of sp³-hybridized carbons (Fsp3) is 0.250. The van der Waals surface area contributed by atoms with E-state index >= 15 is 0 Å². The molecular weight excluding hydrogens is 268 g/mol. The fourth-order valence-electron chi connectivity index (χ4n) is 2.50. The van der Waals surface area contributed by atoms with Gasteiger partial charge >= 0.3 is 0 Å². The third kappa shape index (κ3) is 3.11. The van der Waals surface area contributed by atoms with Gasteiger partial charge in [-0.25, -0.2) is 4.98 Å². The van der Waals surface area contributed by atoms with Crippen LogP contribution in [0.1, 0.15) is 32.0 Å². The van der Waals surface area contributed by atoms with Crippen molar-refractivity contribution in [1.29, 1.82) is 0 Å². The van der Waals surface area contributed by atoms with E-state index in [1.165, 1.54) is 5.56 Å². The van der Waals surface area contributed by atoms with Gasteiger partial charge in [0.05, 0.1) is 5.69 Å². The molecule has 0 amide bonds. The highest BCUT2D eigenvalue weighted by Gasteiger charge is 2.20. The third-order valence-corrected chi connectivity index (χ3v) is 3.77. The molecule has 0 radical (unpaired) electrons. The molecule has 0 saturated heterocycles. The van der Waals surface area contributed by atoms with E-state index in [0.717, 1.165) is 23.6 Å². The lowest BCUT2D eigenvalue weighted by Gasteiger charge is -2.14. The molecule has 0 aliphatic heterocycles. The molecule has 0 atom stereocenters. The molecule has 112 valence electrons. The van der Waals surface area contributed by atoms with Crippen LogP contribution in [0.15, 0.2) is 66.9 Å².